The van der Waals surface area contributed by atoms with Crippen LogP contribution >= 0.6 is 0 Å². The number of rotatable bonds is 11. The first kappa shape index (κ1) is 28.4. The van der Waals surface area contributed by atoms with Gasteiger partial charge in [0.1, 0.15) is 6.04 Å². The maximum absolute atomic E-state index is 12.8. The van der Waals surface area contributed by atoms with Crippen molar-refractivity contribution in [2.24, 2.45) is 10.9 Å². The van der Waals surface area contributed by atoms with Crippen LogP contribution in [-0.4, -0.2) is 99.6 Å². The van der Waals surface area contributed by atoms with E-state index < -0.39 is 24.1 Å². The predicted octanol–water partition coefficient (Wildman–Crippen LogP) is 0.295. The molecule has 1 unspecified atom stereocenters. The van der Waals surface area contributed by atoms with Crippen molar-refractivity contribution in [3.8, 4) is 0 Å². The zero-order chi connectivity index (χ0) is 26.7. The molecular formula is C23H35N7O6. The first-order valence-electron chi connectivity index (χ1n) is 11.6. The van der Waals surface area contributed by atoms with E-state index in [-0.39, 0.29) is 31.3 Å². The molecule has 2 rings (SSSR count). The summed E-state index contributed by atoms with van der Waals surface area (Å²) in [6.45, 7) is 3.67. The highest BCUT2D eigenvalue weighted by atomic mass is 16.7. The van der Waals surface area contributed by atoms with Crippen LogP contribution in [0.4, 0.5) is 15.3 Å². The van der Waals surface area contributed by atoms with Gasteiger partial charge >= 0.3 is 18.1 Å². The lowest BCUT2D eigenvalue weighted by atomic mass is 10.2. The number of oxime groups is 1. The molecule has 0 radical (unpaired) electrons. The molecule has 13 heteroatoms. The van der Waals surface area contributed by atoms with E-state index in [9.17, 15) is 19.2 Å². The lowest BCUT2D eigenvalue weighted by Crippen LogP contribution is -2.46. The fourth-order valence-electron chi connectivity index (χ4n) is 3.25. The summed E-state index contributed by atoms with van der Waals surface area (Å²) in [5.74, 6) is -0.636. The molecule has 0 aromatic heterocycles. The van der Waals surface area contributed by atoms with E-state index in [1.807, 2.05) is 19.0 Å². The second kappa shape index (κ2) is 13.9. The van der Waals surface area contributed by atoms with Crippen molar-refractivity contribution >= 4 is 35.5 Å². The number of urea groups is 1. The zero-order valence-electron chi connectivity index (χ0n) is 21.2. The van der Waals surface area contributed by atoms with Gasteiger partial charge in [0.2, 0.25) is 5.91 Å². The van der Waals surface area contributed by atoms with Crippen molar-refractivity contribution in [3.63, 3.8) is 0 Å². The Morgan fingerprint density at radius 2 is 1.86 bits per heavy atom. The van der Waals surface area contributed by atoms with E-state index >= 15 is 0 Å². The van der Waals surface area contributed by atoms with Crippen LogP contribution in [0, 0.1) is 0 Å². The summed E-state index contributed by atoms with van der Waals surface area (Å²) < 4.78 is 4.80. The lowest BCUT2D eigenvalue weighted by Gasteiger charge is -2.18. The summed E-state index contributed by atoms with van der Waals surface area (Å²) in [5, 5.41) is 8.87. The molecule has 36 heavy (non-hydrogen) atoms. The Morgan fingerprint density at radius 3 is 2.50 bits per heavy atom. The van der Waals surface area contributed by atoms with Crippen LogP contribution in [-0.2, 0) is 19.2 Å². The van der Waals surface area contributed by atoms with Crippen LogP contribution in [0.3, 0.4) is 0 Å². The van der Waals surface area contributed by atoms with Gasteiger partial charge in [-0.05, 0) is 51.7 Å². The van der Waals surface area contributed by atoms with Crippen molar-refractivity contribution in [2.75, 3.05) is 58.8 Å². The molecule has 1 aliphatic rings. The van der Waals surface area contributed by atoms with Gasteiger partial charge in [0.25, 0.3) is 0 Å². The zero-order valence-corrected chi connectivity index (χ0v) is 21.2. The van der Waals surface area contributed by atoms with Crippen molar-refractivity contribution in [1.29, 1.82) is 0 Å². The maximum atomic E-state index is 12.8. The molecule has 1 atom stereocenters. The number of hydrogen-bond donors (Lipinski definition) is 3. The van der Waals surface area contributed by atoms with Crippen LogP contribution in [0.2, 0.25) is 0 Å². The molecule has 1 aliphatic heterocycles. The fraction of sp³-hybridized carbons (Fsp3) is 0.522. The highest BCUT2D eigenvalue weighted by Crippen LogP contribution is 2.22. The molecular weight excluding hydrogens is 470 g/mol. The van der Waals surface area contributed by atoms with Gasteiger partial charge in [-0.15, -0.1) is 0 Å². The molecule has 0 spiro atoms. The normalized spacial score (nSPS) is 15.6. The summed E-state index contributed by atoms with van der Waals surface area (Å²) in [6, 6.07) is 5.51. The van der Waals surface area contributed by atoms with Gasteiger partial charge in [-0.25, -0.2) is 9.59 Å². The number of carbonyl (C=O) groups excluding carboxylic acids is 4. The highest BCUT2D eigenvalue weighted by Gasteiger charge is 2.33. The molecule has 1 saturated heterocycles. The molecule has 1 aromatic carbocycles. The summed E-state index contributed by atoms with van der Waals surface area (Å²) >= 11 is 0. The molecule has 198 valence electrons. The van der Waals surface area contributed by atoms with Gasteiger partial charge < -0.3 is 35.8 Å². The first-order chi connectivity index (χ1) is 17.1. The largest absolute Gasteiger partial charge is 0.466 e. The molecule has 1 heterocycles. The average Bonchev–Trinajstić information content (AvgIpc) is 3.20. The van der Waals surface area contributed by atoms with Crippen LogP contribution < -0.4 is 21.3 Å². The van der Waals surface area contributed by atoms with Crippen molar-refractivity contribution in [3.05, 3.63) is 29.8 Å². The number of carbonyl (C=O) groups is 4. The third-order valence-corrected chi connectivity index (χ3v) is 5.32. The number of hydrogen-bond acceptors (Lipinski definition) is 8. The van der Waals surface area contributed by atoms with Gasteiger partial charge in [0.15, 0.2) is 5.84 Å². The van der Waals surface area contributed by atoms with Crippen LogP contribution in [0.1, 0.15) is 25.3 Å². The van der Waals surface area contributed by atoms with Crippen molar-refractivity contribution in [1.82, 2.24) is 20.4 Å². The molecule has 0 saturated carbocycles. The maximum Gasteiger partial charge on any atom is 0.435 e. The molecule has 0 bridgehead atoms. The molecule has 1 aromatic rings. The topological polar surface area (TPSA) is 159 Å². The summed E-state index contributed by atoms with van der Waals surface area (Å²) in [5.41, 5.74) is 7.08. The van der Waals surface area contributed by atoms with E-state index in [0.717, 1.165) is 0 Å². The third-order valence-electron chi connectivity index (χ3n) is 5.32. The van der Waals surface area contributed by atoms with Gasteiger partial charge in [-0.1, -0.05) is 5.16 Å². The van der Waals surface area contributed by atoms with E-state index in [1.165, 1.54) is 4.90 Å². The number of amides is 4. The minimum Gasteiger partial charge on any atom is -0.466 e. The van der Waals surface area contributed by atoms with Crippen LogP contribution in [0.25, 0.3) is 0 Å². The SMILES string of the molecule is CCOC(=O)CCNC(=O)NC1CCN(c2ccc(C(N)=NOC(=O)N(C)CCN(C)C)cc2)C1=O. The minimum absolute atomic E-state index is 0.0164. The second-order valence-corrected chi connectivity index (χ2v) is 8.39. The second-order valence-electron chi connectivity index (χ2n) is 8.39. The Labute approximate surface area is 210 Å². The van der Waals surface area contributed by atoms with Crippen molar-refractivity contribution in [2.45, 2.75) is 25.8 Å². The number of ether oxygens (including phenoxy) is 1. The Bertz CT molecular complexity index is 951. The summed E-state index contributed by atoms with van der Waals surface area (Å²) in [7, 11) is 5.41. The number of benzene rings is 1. The summed E-state index contributed by atoms with van der Waals surface area (Å²) in [6.07, 6.45) is -0.133. The number of nitrogens with two attached hydrogens (primary N) is 1. The molecule has 4 amide bonds. The molecule has 0 aliphatic carbocycles. The smallest absolute Gasteiger partial charge is 0.435 e. The predicted molar refractivity (Wildman–Crippen MR) is 133 cm³/mol. The fourth-order valence-corrected chi connectivity index (χ4v) is 3.25. The Kier molecular flexibility index (Phi) is 10.9. The Hall–Kier alpha value is -3.87. The number of anilines is 1. The quantitative estimate of drug-likeness (QED) is 0.127. The van der Waals surface area contributed by atoms with Crippen LogP contribution in [0.5, 0.6) is 0 Å². The van der Waals surface area contributed by atoms with Crippen LogP contribution in [0.15, 0.2) is 29.4 Å². The van der Waals surface area contributed by atoms with Crippen molar-refractivity contribution < 1.29 is 28.8 Å². The molecule has 13 nitrogen and oxygen atoms in total. The lowest BCUT2D eigenvalue weighted by molar-refractivity contribution is -0.142. The van der Waals surface area contributed by atoms with E-state index in [0.29, 0.717) is 37.3 Å². The summed E-state index contributed by atoms with van der Waals surface area (Å²) in [4.78, 5) is 57.9. The molecule has 4 N–H and O–H groups in total. The number of likely N-dealkylation sites (N-methyl/N-ethyl adjacent to an activating group) is 2. The average molecular weight is 506 g/mol. The molecule has 1 fully saturated rings. The number of nitrogens with one attached hydrogen (secondary N) is 2. The van der Waals surface area contributed by atoms with Gasteiger partial charge in [0.05, 0.1) is 13.0 Å². The van der Waals surface area contributed by atoms with E-state index in [1.54, 1.807) is 43.1 Å². The van der Waals surface area contributed by atoms with Gasteiger partial charge in [-0.3, -0.25) is 14.4 Å². The standard InChI is InChI=1S/C23H35N7O6/c1-5-35-19(31)10-12-25-22(33)26-18-11-13-30(21(18)32)17-8-6-16(7-9-17)20(24)27-36-23(34)29(4)15-14-28(2)3/h6-9,18H,5,10-15H2,1-4H3,(H2,24,27)(H2,25,26,33). The minimum atomic E-state index is -0.678. The number of nitrogens with zero attached hydrogens (tertiary/aromatic N) is 4. The highest BCUT2D eigenvalue weighted by molar-refractivity contribution is 6.02. The monoisotopic (exact) mass is 505 g/mol. The van der Waals surface area contributed by atoms with E-state index in [2.05, 4.69) is 15.8 Å². The van der Waals surface area contributed by atoms with Gasteiger partial charge in [-0.2, -0.15) is 0 Å². The Balaban J connectivity index is 1.86. The van der Waals surface area contributed by atoms with Gasteiger partial charge in [0, 0.05) is 44.5 Å². The van der Waals surface area contributed by atoms with E-state index in [4.69, 9.17) is 15.3 Å². The third kappa shape index (κ3) is 8.73. The first-order valence-corrected chi connectivity index (χ1v) is 11.6. The Morgan fingerprint density at radius 1 is 1.17 bits per heavy atom. The number of amidine groups is 1. The number of esters is 1.